The van der Waals surface area contributed by atoms with Gasteiger partial charge in [0.1, 0.15) is 23.3 Å². The Morgan fingerprint density at radius 1 is 1.23 bits per heavy atom. The van der Waals surface area contributed by atoms with Crippen LogP contribution in [0.2, 0.25) is 0 Å². The SMILES string of the molecule is COc1ccc(NC(=O)C2=C(C)NC(=O)NC2c2ccco2)c(OC)c1. The lowest BCUT2D eigenvalue weighted by atomic mass is 9.99. The molecule has 8 heteroatoms. The average Bonchev–Trinajstić information content (AvgIpc) is 3.15. The van der Waals surface area contributed by atoms with Gasteiger partial charge in [-0.3, -0.25) is 4.79 Å². The summed E-state index contributed by atoms with van der Waals surface area (Å²) in [6.07, 6.45) is 1.49. The van der Waals surface area contributed by atoms with Gasteiger partial charge >= 0.3 is 6.03 Å². The number of methoxy groups -OCH3 is 2. The Morgan fingerprint density at radius 2 is 2.04 bits per heavy atom. The van der Waals surface area contributed by atoms with Crippen molar-refractivity contribution in [2.24, 2.45) is 0 Å². The Morgan fingerprint density at radius 3 is 2.69 bits per heavy atom. The van der Waals surface area contributed by atoms with Crippen LogP contribution in [-0.2, 0) is 4.79 Å². The van der Waals surface area contributed by atoms with Crippen LogP contribution in [0.15, 0.2) is 52.3 Å². The first-order chi connectivity index (χ1) is 12.5. The summed E-state index contributed by atoms with van der Waals surface area (Å²) in [5, 5.41) is 8.12. The lowest BCUT2D eigenvalue weighted by molar-refractivity contribution is -0.113. The van der Waals surface area contributed by atoms with Gasteiger partial charge in [0.15, 0.2) is 0 Å². The number of hydrogen-bond donors (Lipinski definition) is 3. The van der Waals surface area contributed by atoms with Crippen molar-refractivity contribution in [2.45, 2.75) is 13.0 Å². The predicted molar refractivity (Wildman–Crippen MR) is 94.0 cm³/mol. The van der Waals surface area contributed by atoms with Gasteiger partial charge in [-0.15, -0.1) is 0 Å². The highest BCUT2D eigenvalue weighted by molar-refractivity contribution is 6.07. The van der Waals surface area contributed by atoms with Gasteiger partial charge in [0, 0.05) is 11.8 Å². The van der Waals surface area contributed by atoms with E-state index in [1.165, 1.54) is 13.4 Å². The van der Waals surface area contributed by atoms with E-state index in [2.05, 4.69) is 16.0 Å². The Balaban J connectivity index is 1.92. The number of allylic oxidation sites excluding steroid dienone is 1. The molecule has 2 aromatic rings. The van der Waals surface area contributed by atoms with Crippen LogP contribution in [0.5, 0.6) is 11.5 Å². The number of urea groups is 1. The van der Waals surface area contributed by atoms with E-state index in [4.69, 9.17) is 13.9 Å². The number of amides is 3. The summed E-state index contributed by atoms with van der Waals surface area (Å²) in [7, 11) is 3.05. The molecule has 0 fully saturated rings. The standard InChI is InChI=1S/C18H19N3O5/c1-10-15(16(21-18(23)19-10)13-5-4-8-26-13)17(22)20-12-7-6-11(24-2)9-14(12)25-3/h4-9,16H,1-3H3,(H,20,22)(H2,19,21,23). The molecule has 2 heterocycles. The zero-order valence-corrected chi connectivity index (χ0v) is 14.6. The molecule has 8 nitrogen and oxygen atoms in total. The Kier molecular flexibility index (Phi) is 4.83. The number of hydrogen-bond acceptors (Lipinski definition) is 5. The van der Waals surface area contributed by atoms with Crippen LogP contribution >= 0.6 is 0 Å². The van der Waals surface area contributed by atoms with E-state index in [1.807, 2.05) is 0 Å². The second kappa shape index (κ2) is 7.22. The molecule has 0 saturated heterocycles. The fraction of sp³-hybridized carbons (Fsp3) is 0.222. The van der Waals surface area contributed by atoms with Gasteiger partial charge in [0.25, 0.3) is 5.91 Å². The quantitative estimate of drug-likeness (QED) is 0.763. The summed E-state index contributed by atoms with van der Waals surface area (Å²) < 4.78 is 15.8. The molecule has 1 aliphatic rings. The molecule has 3 N–H and O–H groups in total. The Hall–Kier alpha value is -3.42. The molecule has 0 bridgehead atoms. The molecule has 1 unspecified atom stereocenters. The molecule has 1 aromatic heterocycles. The third kappa shape index (κ3) is 3.34. The number of anilines is 1. The number of nitrogens with one attached hydrogen (secondary N) is 3. The van der Waals surface area contributed by atoms with E-state index in [-0.39, 0.29) is 5.91 Å². The third-order valence-electron chi connectivity index (χ3n) is 4.00. The minimum absolute atomic E-state index is 0.345. The number of carbonyl (C=O) groups is 2. The number of carbonyl (C=O) groups excluding carboxylic acids is 2. The van der Waals surface area contributed by atoms with Crippen molar-refractivity contribution in [3.05, 3.63) is 53.6 Å². The van der Waals surface area contributed by atoms with Gasteiger partial charge in [-0.2, -0.15) is 0 Å². The molecular weight excluding hydrogens is 338 g/mol. The van der Waals surface area contributed by atoms with Gasteiger partial charge in [-0.1, -0.05) is 0 Å². The lowest BCUT2D eigenvalue weighted by Gasteiger charge is -2.27. The summed E-state index contributed by atoms with van der Waals surface area (Å²) in [4.78, 5) is 24.7. The lowest BCUT2D eigenvalue weighted by Crippen LogP contribution is -2.45. The first-order valence-corrected chi connectivity index (χ1v) is 7.88. The molecule has 0 radical (unpaired) electrons. The van der Waals surface area contributed by atoms with Crippen LogP contribution in [0.1, 0.15) is 18.7 Å². The van der Waals surface area contributed by atoms with Crippen LogP contribution in [0, 0.1) is 0 Å². The van der Waals surface area contributed by atoms with E-state index in [0.717, 1.165) is 0 Å². The molecule has 0 spiro atoms. The van der Waals surface area contributed by atoms with Crippen molar-refractivity contribution in [1.82, 2.24) is 10.6 Å². The average molecular weight is 357 g/mol. The second-order valence-electron chi connectivity index (χ2n) is 5.61. The first kappa shape index (κ1) is 17.4. The summed E-state index contributed by atoms with van der Waals surface area (Å²) >= 11 is 0. The molecule has 0 saturated carbocycles. The summed E-state index contributed by atoms with van der Waals surface area (Å²) in [6, 6.07) is 7.37. The second-order valence-corrected chi connectivity index (χ2v) is 5.61. The van der Waals surface area contributed by atoms with E-state index in [1.54, 1.807) is 44.4 Å². The number of ether oxygens (including phenoxy) is 2. The third-order valence-corrected chi connectivity index (χ3v) is 4.00. The van der Waals surface area contributed by atoms with E-state index >= 15 is 0 Å². The highest BCUT2D eigenvalue weighted by atomic mass is 16.5. The minimum atomic E-state index is -0.692. The monoisotopic (exact) mass is 357 g/mol. The number of rotatable bonds is 5. The zero-order valence-electron chi connectivity index (χ0n) is 14.6. The van der Waals surface area contributed by atoms with Gasteiger partial charge in [0.05, 0.1) is 31.7 Å². The zero-order chi connectivity index (χ0) is 18.7. The maximum absolute atomic E-state index is 12.9. The first-order valence-electron chi connectivity index (χ1n) is 7.88. The van der Waals surface area contributed by atoms with Crippen molar-refractivity contribution >= 4 is 17.6 Å². The maximum Gasteiger partial charge on any atom is 0.319 e. The highest BCUT2D eigenvalue weighted by Crippen LogP contribution is 2.32. The highest BCUT2D eigenvalue weighted by Gasteiger charge is 2.33. The molecule has 3 amide bonds. The summed E-state index contributed by atoms with van der Waals surface area (Å²) in [5.74, 6) is 1.14. The Labute approximate surface area is 150 Å². The largest absolute Gasteiger partial charge is 0.497 e. The number of benzene rings is 1. The van der Waals surface area contributed by atoms with Gasteiger partial charge in [-0.05, 0) is 31.2 Å². The van der Waals surface area contributed by atoms with Crippen molar-refractivity contribution in [3.63, 3.8) is 0 Å². The van der Waals surface area contributed by atoms with Gasteiger partial charge in [-0.25, -0.2) is 4.79 Å². The molecule has 0 aliphatic carbocycles. The van der Waals surface area contributed by atoms with Crippen LogP contribution in [0.4, 0.5) is 10.5 Å². The topological polar surface area (TPSA) is 102 Å². The van der Waals surface area contributed by atoms with Crippen molar-refractivity contribution < 1.29 is 23.5 Å². The van der Waals surface area contributed by atoms with Crippen LogP contribution < -0.4 is 25.4 Å². The maximum atomic E-state index is 12.9. The predicted octanol–water partition coefficient (Wildman–Crippen LogP) is 2.56. The van der Waals surface area contributed by atoms with E-state index < -0.39 is 12.1 Å². The van der Waals surface area contributed by atoms with Crippen LogP contribution in [-0.4, -0.2) is 26.2 Å². The normalized spacial score (nSPS) is 16.6. The van der Waals surface area contributed by atoms with E-state index in [9.17, 15) is 9.59 Å². The smallest absolute Gasteiger partial charge is 0.319 e. The molecule has 1 aromatic carbocycles. The molecule has 1 aliphatic heterocycles. The molecule has 1 atom stereocenters. The fourth-order valence-corrected chi connectivity index (χ4v) is 2.76. The van der Waals surface area contributed by atoms with E-state index in [0.29, 0.717) is 34.2 Å². The van der Waals surface area contributed by atoms with Gasteiger partial charge in [0.2, 0.25) is 0 Å². The number of furan rings is 1. The Bertz CT molecular complexity index is 858. The van der Waals surface area contributed by atoms with Gasteiger partial charge < -0.3 is 29.8 Å². The van der Waals surface area contributed by atoms with Crippen LogP contribution in [0.3, 0.4) is 0 Å². The van der Waals surface area contributed by atoms with Crippen LogP contribution in [0.25, 0.3) is 0 Å². The molecular formula is C18H19N3O5. The summed E-state index contributed by atoms with van der Waals surface area (Å²) in [6.45, 7) is 1.66. The summed E-state index contributed by atoms with van der Waals surface area (Å²) in [5.41, 5.74) is 1.27. The fourth-order valence-electron chi connectivity index (χ4n) is 2.76. The molecule has 3 rings (SSSR count). The molecule has 26 heavy (non-hydrogen) atoms. The minimum Gasteiger partial charge on any atom is -0.497 e. The van der Waals surface area contributed by atoms with Crippen molar-refractivity contribution in [3.8, 4) is 11.5 Å². The molecule has 136 valence electrons. The van der Waals surface area contributed by atoms with Crippen molar-refractivity contribution in [2.75, 3.05) is 19.5 Å². The van der Waals surface area contributed by atoms with Crippen molar-refractivity contribution in [1.29, 1.82) is 0 Å².